The van der Waals surface area contributed by atoms with Crippen molar-refractivity contribution in [3.8, 4) is 11.5 Å². The molecule has 1 unspecified atom stereocenters. The second-order valence-electron chi connectivity index (χ2n) is 6.91. The Balaban J connectivity index is 1.42. The van der Waals surface area contributed by atoms with Crippen LogP contribution in [0.15, 0.2) is 22.9 Å². The van der Waals surface area contributed by atoms with Gasteiger partial charge in [-0.3, -0.25) is 9.80 Å². The third-order valence-electron chi connectivity index (χ3n) is 4.88. The van der Waals surface area contributed by atoms with E-state index in [4.69, 9.17) is 4.52 Å². The highest BCUT2D eigenvalue weighted by Crippen LogP contribution is 2.22. The summed E-state index contributed by atoms with van der Waals surface area (Å²) in [4.78, 5) is 14.0. The molecule has 2 aromatic rings. The van der Waals surface area contributed by atoms with Crippen molar-refractivity contribution in [1.82, 2.24) is 24.9 Å². The van der Waals surface area contributed by atoms with Crippen molar-refractivity contribution in [3.63, 3.8) is 0 Å². The van der Waals surface area contributed by atoms with E-state index in [2.05, 4.69) is 44.1 Å². The van der Waals surface area contributed by atoms with Crippen LogP contribution in [-0.4, -0.2) is 70.2 Å². The number of anilines is 1. The molecule has 0 spiro atoms. The molecule has 2 bridgehead atoms. The molecule has 0 radical (unpaired) electrons. The van der Waals surface area contributed by atoms with Gasteiger partial charge in [0.25, 0.3) is 5.89 Å². The van der Waals surface area contributed by atoms with Gasteiger partial charge in [-0.1, -0.05) is 19.0 Å². The van der Waals surface area contributed by atoms with E-state index < -0.39 is 0 Å². The molecule has 7 nitrogen and oxygen atoms in total. The second kappa shape index (κ2) is 6.49. The van der Waals surface area contributed by atoms with Gasteiger partial charge in [-0.05, 0) is 12.1 Å². The summed E-state index contributed by atoms with van der Waals surface area (Å²) in [6, 6.07) is 4.45. The number of hydrogen-bond acceptors (Lipinski definition) is 7. The van der Waals surface area contributed by atoms with Crippen LogP contribution in [0.25, 0.3) is 11.5 Å². The third-order valence-corrected chi connectivity index (χ3v) is 4.88. The highest BCUT2D eigenvalue weighted by atomic mass is 16.5. The van der Waals surface area contributed by atoms with Crippen LogP contribution in [0.1, 0.15) is 25.6 Å². The number of nitrogens with zero attached hydrogens (tertiary/aromatic N) is 5. The van der Waals surface area contributed by atoms with E-state index >= 15 is 0 Å². The first kappa shape index (κ1) is 15.5. The molecule has 0 aromatic carbocycles. The summed E-state index contributed by atoms with van der Waals surface area (Å²) in [5, 5.41) is 7.50. The van der Waals surface area contributed by atoms with Crippen LogP contribution >= 0.6 is 0 Å². The third kappa shape index (κ3) is 3.14. The summed E-state index contributed by atoms with van der Waals surface area (Å²) >= 11 is 0. The predicted octanol–water partition coefficient (Wildman–Crippen LogP) is 1.67. The van der Waals surface area contributed by atoms with Crippen LogP contribution < -0.4 is 5.32 Å². The smallest absolute Gasteiger partial charge is 0.258 e. The molecule has 1 N–H and O–H groups in total. The molecule has 2 aromatic heterocycles. The van der Waals surface area contributed by atoms with E-state index in [1.54, 1.807) is 6.20 Å². The lowest BCUT2D eigenvalue weighted by molar-refractivity contribution is 0.0189. The van der Waals surface area contributed by atoms with Crippen LogP contribution in [0.5, 0.6) is 0 Å². The summed E-state index contributed by atoms with van der Waals surface area (Å²) in [5.74, 6) is 2.40. The quantitative estimate of drug-likeness (QED) is 0.895. The SMILES string of the molecule is CC(C)c1noc(-c2ccnc(NCC3CN4CCN3CC4)c2)n1. The van der Waals surface area contributed by atoms with Gasteiger partial charge in [0.2, 0.25) is 0 Å². The van der Waals surface area contributed by atoms with Gasteiger partial charge in [0.15, 0.2) is 5.82 Å². The largest absolute Gasteiger partial charge is 0.368 e. The average Bonchev–Trinajstić information content (AvgIpc) is 3.12. The molecule has 0 saturated carbocycles. The van der Waals surface area contributed by atoms with Gasteiger partial charge in [-0.15, -0.1) is 0 Å². The highest BCUT2D eigenvalue weighted by Gasteiger charge is 2.31. The summed E-state index contributed by atoms with van der Waals surface area (Å²) in [6.07, 6.45) is 1.79. The molecule has 0 amide bonds. The molecule has 0 aliphatic carbocycles. The molecule has 1 atom stereocenters. The fraction of sp³-hybridized carbons (Fsp3) is 0.588. The molecule has 5 rings (SSSR count). The molecule has 3 fully saturated rings. The number of pyridine rings is 1. The fourth-order valence-electron chi connectivity index (χ4n) is 3.39. The Morgan fingerprint density at radius 3 is 2.79 bits per heavy atom. The van der Waals surface area contributed by atoms with Gasteiger partial charge < -0.3 is 9.84 Å². The maximum atomic E-state index is 5.37. The maximum absolute atomic E-state index is 5.37. The number of aromatic nitrogens is 3. The topological polar surface area (TPSA) is 70.3 Å². The Bertz CT molecular complexity index is 692. The Labute approximate surface area is 142 Å². The van der Waals surface area contributed by atoms with E-state index in [-0.39, 0.29) is 5.92 Å². The monoisotopic (exact) mass is 328 g/mol. The minimum absolute atomic E-state index is 0.257. The van der Waals surface area contributed by atoms with Crippen LogP contribution in [0.2, 0.25) is 0 Å². The lowest BCUT2D eigenvalue weighted by Crippen LogP contribution is -2.62. The first-order chi connectivity index (χ1) is 11.7. The summed E-state index contributed by atoms with van der Waals surface area (Å²) in [7, 11) is 0. The molecule has 5 heterocycles. The van der Waals surface area contributed by atoms with Crippen molar-refractivity contribution < 1.29 is 4.52 Å². The van der Waals surface area contributed by atoms with Gasteiger partial charge in [-0.2, -0.15) is 4.98 Å². The first-order valence-corrected chi connectivity index (χ1v) is 8.69. The zero-order valence-electron chi connectivity index (χ0n) is 14.3. The van der Waals surface area contributed by atoms with E-state index in [1.807, 2.05) is 12.1 Å². The number of rotatable bonds is 5. The standard InChI is InChI=1S/C17H24N6O/c1-12(2)16-20-17(24-21-16)13-3-4-18-15(9-13)19-10-14-11-22-5-7-23(14)8-6-22/h3-4,9,12,14H,5-8,10-11H2,1-2H3,(H,18,19). The van der Waals surface area contributed by atoms with Crippen molar-refractivity contribution in [2.45, 2.75) is 25.8 Å². The second-order valence-corrected chi connectivity index (χ2v) is 6.91. The van der Waals surface area contributed by atoms with Gasteiger partial charge in [0.1, 0.15) is 5.82 Å². The van der Waals surface area contributed by atoms with Gasteiger partial charge in [0.05, 0.1) is 0 Å². The zero-order valence-corrected chi connectivity index (χ0v) is 14.3. The Morgan fingerprint density at radius 2 is 2.12 bits per heavy atom. The molecule has 24 heavy (non-hydrogen) atoms. The van der Waals surface area contributed by atoms with Crippen molar-refractivity contribution >= 4 is 5.82 Å². The van der Waals surface area contributed by atoms with Gasteiger partial charge in [-0.25, -0.2) is 4.98 Å². The number of fused-ring (bicyclic) bond motifs is 3. The van der Waals surface area contributed by atoms with Crippen molar-refractivity contribution in [3.05, 3.63) is 24.2 Å². The molecular formula is C17H24N6O. The van der Waals surface area contributed by atoms with Crippen molar-refractivity contribution in [2.75, 3.05) is 44.6 Å². The molecule has 3 saturated heterocycles. The van der Waals surface area contributed by atoms with E-state index in [0.717, 1.165) is 30.3 Å². The minimum atomic E-state index is 0.257. The maximum Gasteiger partial charge on any atom is 0.258 e. The van der Waals surface area contributed by atoms with Crippen LogP contribution in [-0.2, 0) is 0 Å². The Morgan fingerprint density at radius 1 is 1.29 bits per heavy atom. The van der Waals surface area contributed by atoms with Crippen LogP contribution in [0.3, 0.4) is 0 Å². The highest BCUT2D eigenvalue weighted by molar-refractivity contribution is 5.57. The zero-order chi connectivity index (χ0) is 16.5. The van der Waals surface area contributed by atoms with Crippen LogP contribution in [0.4, 0.5) is 5.82 Å². The van der Waals surface area contributed by atoms with Gasteiger partial charge >= 0.3 is 0 Å². The van der Waals surface area contributed by atoms with E-state index in [0.29, 0.717) is 11.9 Å². The van der Waals surface area contributed by atoms with Crippen molar-refractivity contribution in [1.29, 1.82) is 0 Å². The summed E-state index contributed by atoms with van der Waals surface area (Å²) in [6.45, 7) is 10.9. The number of piperazine rings is 3. The minimum Gasteiger partial charge on any atom is -0.368 e. The number of nitrogens with one attached hydrogen (secondary N) is 1. The van der Waals surface area contributed by atoms with E-state index in [9.17, 15) is 0 Å². The Hall–Kier alpha value is -1.99. The summed E-state index contributed by atoms with van der Waals surface area (Å²) < 4.78 is 5.37. The number of hydrogen-bond donors (Lipinski definition) is 1. The normalized spacial score (nSPS) is 26.0. The Kier molecular flexibility index (Phi) is 4.20. The average molecular weight is 328 g/mol. The first-order valence-electron chi connectivity index (χ1n) is 8.69. The van der Waals surface area contributed by atoms with Crippen LogP contribution in [0, 0.1) is 0 Å². The molecular weight excluding hydrogens is 304 g/mol. The summed E-state index contributed by atoms with van der Waals surface area (Å²) in [5.41, 5.74) is 0.904. The molecule has 3 aliphatic rings. The van der Waals surface area contributed by atoms with Gasteiger partial charge in [0, 0.05) is 63.0 Å². The lowest BCUT2D eigenvalue weighted by Gasteiger charge is -2.47. The fourth-order valence-corrected chi connectivity index (χ4v) is 3.39. The molecule has 3 aliphatic heterocycles. The van der Waals surface area contributed by atoms with Crippen molar-refractivity contribution in [2.24, 2.45) is 0 Å². The predicted molar refractivity (Wildman–Crippen MR) is 91.9 cm³/mol. The van der Waals surface area contributed by atoms with E-state index in [1.165, 1.54) is 26.2 Å². The molecule has 7 heteroatoms. The molecule has 128 valence electrons. The lowest BCUT2D eigenvalue weighted by atomic mass is 10.1.